The molecular formula is C11H13FO. The molecule has 0 bridgehead atoms. The maximum Gasteiger partial charge on any atom is 0.123 e. The summed E-state index contributed by atoms with van der Waals surface area (Å²) >= 11 is 0. The Bertz CT molecular complexity index is 324. The second-order valence-corrected chi connectivity index (χ2v) is 4.02. The van der Waals surface area contributed by atoms with E-state index in [1.807, 2.05) is 13.0 Å². The van der Waals surface area contributed by atoms with Gasteiger partial charge in [0, 0.05) is 6.42 Å². The largest absolute Gasteiger partial charge is 0.389 e. The Labute approximate surface area is 77.2 Å². The molecule has 0 aromatic heterocycles. The van der Waals surface area contributed by atoms with Gasteiger partial charge in [-0.15, -0.1) is 0 Å². The molecule has 2 rings (SSSR count). The highest BCUT2D eigenvalue weighted by molar-refractivity contribution is 5.21. The van der Waals surface area contributed by atoms with E-state index in [-0.39, 0.29) is 5.82 Å². The number of benzene rings is 1. The zero-order valence-corrected chi connectivity index (χ0v) is 7.63. The van der Waals surface area contributed by atoms with E-state index >= 15 is 0 Å². The average Bonchev–Trinajstić information content (AvgIpc) is 2.58. The lowest BCUT2D eigenvalue weighted by Crippen LogP contribution is -2.13. The first kappa shape index (κ1) is 8.70. The molecule has 0 heterocycles. The summed E-state index contributed by atoms with van der Waals surface area (Å²) in [6.07, 6.45) is 1.41. The Balaban J connectivity index is 2.10. The van der Waals surface area contributed by atoms with Crippen molar-refractivity contribution in [3.05, 3.63) is 35.6 Å². The predicted molar refractivity (Wildman–Crippen MR) is 48.8 cm³/mol. The Morgan fingerprint density at radius 3 is 2.85 bits per heavy atom. The Hall–Kier alpha value is -0.890. The van der Waals surface area contributed by atoms with Crippen LogP contribution < -0.4 is 0 Å². The third-order valence-corrected chi connectivity index (χ3v) is 2.82. The number of hydrogen-bond acceptors (Lipinski definition) is 1. The first-order valence-electron chi connectivity index (χ1n) is 4.57. The maximum atomic E-state index is 12.8. The molecule has 2 atom stereocenters. The Morgan fingerprint density at radius 1 is 1.62 bits per heavy atom. The van der Waals surface area contributed by atoms with Gasteiger partial charge >= 0.3 is 0 Å². The minimum Gasteiger partial charge on any atom is -0.389 e. The molecule has 1 fully saturated rings. The van der Waals surface area contributed by atoms with E-state index in [9.17, 15) is 9.50 Å². The number of hydrogen-bond donors (Lipinski definition) is 1. The van der Waals surface area contributed by atoms with E-state index in [0.29, 0.717) is 12.3 Å². The fourth-order valence-electron chi connectivity index (χ4n) is 1.72. The van der Waals surface area contributed by atoms with Crippen molar-refractivity contribution < 1.29 is 9.50 Å². The van der Waals surface area contributed by atoms with Gasteiger partial charge in [0.25, 0.3) is 0 Å². The molecule has 13 heavy (non-hydrogen) atoms. The van der Waals surface area contributed by atoms with Gasteiger partial charge in [0.2, 0.25) is 0 Å². The molecule has 0 aliphatic heterocycles. The van der Waals surface area contributed by atoms with Crippen LogP contribution in [-0.2, 0) is 6.42 Å². The van der Waals surface area contributed by atoms with Gasteiger partial charge in [0.15, 0.2) is 0 Å². The second kappa shape index (κ2) is 2.81. The van der Waals surface area contributed by atoms with Gasteiger partial charge < -0.3 is 5.11 Å². The molecule has 0 radical (unpaired) electrons. The summed E-state index contributed by atoms with van der Waals surface area (Å²) in [6.45, 7) is 2.01. The third kappa shape index (κ3) is 1.73. The molecule has 1 aliphatic carbocycles. The summed E-state index contributed by atoms with van der Waals surface area (Å²) in [5.41, 5.74) is 0.320. The average molecular weight is 180 g/mol. The van der Waals surface area contributed by atoms with E-state index in [4.69, 9.17) is 0 Å². The minimum absolute atomic E-state index is 0.227. The van der Waals surface area contributed by atoms with Crippen LogP contribution >= 0.6 is 0 Å². The summed E-state index contributed by atoms with van der Waals surface area (Å²) in [5, 5.41) is 9.82. The van der Waals surface area contributed by atoms with Crippen LogP contribution in [0.3, 0.4) is 0 Å². The fourth-order valence-corrected chi connectivity index (χ4v) is 1.72. The summed E-state index contributed by atoms with van der Waals surface area (Å²) in [7, 11) is 0. The quantitative estimate of drug-likeness (QED) is 0.739. The van der Waals surface area contributed by atoms with Gasteiger partial charge in [-0.25, -0.2) is 4.39 Å². The smallest absolute Gasteiger partial charge is 0.123 e. The normalized spacial score (nSPS) is 31.8. The van der Waals surface area contributed by atoms with Crippen molar-refractivity contribution >= 4 is 0 Å². The molecule has 0 amide bonds. The molecule has 2 unspecified atom stereocenters. The van der Waals surface area contributed by atoms with Crippen LogP contribution in [0.1, 0.15) is 18.9 Å². The molecule has 1 aliphatic rings. The minimum atomic E-state index is -0.562. The van der Waals surface area contributed by atoms with E-state index in [0.717, 1.165) is 12.0 Å². The van der Waals surface area contributed by atoms with Crippen LogP contribution in [-0.4, -0.2) is 10.7 Å². The Kier molecular flexibility index (Phi) is 1.88. The summed E-state index contributed by atoms with van der Waals surface area (Å²) in [6, 6.07) is 6.44. The van der Waals surface area contributed by atoms with Crippen molar-refractivity contribution in [3.8, 4) is 0 Å². The van der Waals surface area contributed by atoms with Crippen LogP contribution in [0, 0.1) is 11.7 Å². The lowest BCUT2D eigenvalue weighted by molar-refractivity contribution is 0.135. The highest BCUT2D eigenvalue weighted by atomic mass is 19.1. The van der Waals surface area contributed by atoms with Crippen LogP contribution in [0.5, 0.6) is 0 Å². The summed E-state index contributed by atoms with van der Waals surface area (Å²) in [4.78, 5) is 0. The maximum absolute atomic E-state index is 12.8. The lowest BCUT2D eigenvalue weighted by atomic mass is 10.1. The van der Waals surface area contributed by atoms with Gasteiger partial charge in [-0.3, -0.25) is 0 Å². The van der Waals surface area contributed by atoms with E-state index in [2.05, 4.69) is 0 Å². The number of aliphatic hydroxyl groups is 1. The van der Waals surface area contributed by atoms with Crippen molar-refractivity contribution in [2.24, 2.45) is 5.92 Å². The molecule has 1 nitrogen and oxygen atoms in total. The highest BCUT2D eigenvalue weighted by Gasteiger charge is 2.49. The summed E-state index contributed by atoms with van der Waals surface area (Å²) in [5.74, 6) is 0.130. The molecular weight excluding hydrogens is 167 g/mol. The molecule has 1 aromatic rings. The summed E-state index contributed by atoms with van der Waals surface area (Å²) < 4.78 is 12.8. The molecule has 70 valence electrons. The molecule has 0 saturated heterocycles. The zero-order chi connectivity index (χ0) is 9.47. The predicted octanol–water partition coefficient (Wildman–Crippen LogP) is 2.14. The van der Waals surface area contributed by atoms with Crippen LogP contribution in [0.4, 0.5) is 4.39 Å². The number of halogens is 1. The van der Waals surface area contributed by atoms with Crippen molar-refractivity contribution in [2.45, 2.75) is 25.4 Å². The van der Waals surface area contributed by atoms with E-state index in [1.54, 1.807) is 6.07 Å². The first-order valence-corrected chi connectivity index (χ1v) is 4.57. The van der Waals surface area contributed by atoms with Gasteiger partial charge in [-0.2, -0.15) is 0 Å². The van der Waals surface area contributed by atoms with Crippen molar-refractivity contribution in [1.82, 2.24) is 0 Å². The molecule has 0 spiro atoms. The lowest BCUT2D eigenvalue weighted by Gasteiger charge is -2.08. The van der Waals surface area contributed by atoms with Gasteiger partial charge in [0.1, 0.15) is 5.82 Å². The SMILES string of the molecule is CC1CC1(O)Cc1cccc(F)c1. The van der Waals surface area contributed by atoms with Crippen LogP contribution in [0.15, 0.2) is 24.3 Å². The fraction of sp³-hybridized carbons (Fsp3) is 0.455. The van der Waals surface area contributed by atoms with Gasteiger partial charge in [0.05, 0.1) is 5.60 Å². The van der Waals surface area contributed by atoms with E-state index in [1.165, 1.54) is 12.1 Å². The molecule has 1 N–H and O–H groups in total. The number of rotatable bonds is 2. The molecule has 2 heteroatoms. The highest BCUT2D eigenvalue weighted by Crippen LogP contribution is 2.45. The van der Waals surface area contributed by atoms with E-state index < -0.39 is 5.60 Å². The zero-order valence-electron chi connectivity index (χ0n) is 7.63. The van der Waals surface area contributed by atoms with Crippen molar-refractivity contribution in [1.29, 1.82) is 0 Å². The van der Waals surface area contributed by atoms with Crippen LogP contribution in [0.25, 0.3) is 0 Å². The third-order valence-electron chi connectivity index (χ3n) is 2.82. The second-order valence-electron chi connectivity index (χ2n) is 4.02. The monoisotopic (exact) mass is 180 g/mol. The van der Waals surface area contributed by atoms with Gasteiger partial charge in [-0.1, -0.05) is 19.1 Å². The standard InChI is InChI=1S/C11H13FO/c1-8-6-11(8,13)7-9-3-2-4-10(12)5-9/h2-5,8,13H,6-7H2,1H3. The first-order chi connectivity index (χ1) is 6.10. The molecule has 1 saturated carbocycles. The Morgan fingerprint density at radius 2 is 2.31 bits per heavy atom. The van der Waals surface area contributed by atoms with Gasteiger partial charge in [-0.05, 0) is 30.0 Å². The molecule has 1 aromatic carbocycles. The van der Waals surface area contributed by atoms with Crippen LogP contribution in [0.2, 0.25) is 0 Å². The van der Waals surface area contributed by atoms with Crippen molar-refractivity contribution in [2.75, 3.05) is 0 Å². The topological polar surface area (TPSA) is 20.2 Å². The van der Waals surface area contributed by atoms with Crippen molar-refractivity contribution in [3.63, 3.8) is 0 Å².